The molecule has 6 heteroatoms. The van der Waals surface area contributed by atoms with Gasteiger partial charge in [0.05, 0.1) is 12.1 Å². The molecule has 3 aromatic heterocycles. The van der Waals surface area contributed by atoms with E-state index in [2.05, 4.69) is 27.1 Å². The average Bonchev–Trinajstić information content (AvgIpc) is 2.98. The van der Waals surface area contributed by atoms with Crippen LogP contribution in [0, 0.1) is 0 Å². The molecule has 20 heavy (non-hydrogen) atoms. The van der Waals surface area contributed by atoms with Crippen LogP contribution in [0.3, 0.4) is 0 Å². The number of rotatable bonds is 4. The first-order valence-corrected chi connectivity index (χ1v) is 7.25. The van der Waals surface area contributed by atoms with Crippen LogP contribution in [-0.2, 0) is 20.1 Å². The number of aryl methyl sites for hydroxylation is 1. The Balaban J connectivity index is 1.76. The summed E-state index contributed by atoms with van der Waals surface area (Å²) in [7, 11) is 4.03. The molecule has 3 rings (SSSR count). The molecule has 0 radical (unpaired) electrons. The van der Waals surface area contributed by atoms with Gasteiger partial charge in [0, 0.05) is 26.0 Å². The molecular formula is C14H16N4OS. The number of nitrogens with zero attached hydrogens (tertiary/aromatic N) is 3. The molecule has 0 saturated heterocycles. The maximum absolute atomic E-state index is 11.9. The summed E-state index contributed by atoms with van der Waals surface area (Å²) in [6.07, 6.45) is 4.12. The van der Waals surface area contributed by atoms with Gasteiger partial charge in [-0.1, -0.05) is 0 Å². The van der Waals surface area contributed by atoms with Crippen molar-refractivity contribution in [2.45, 2.75) is 13.1 Å². The fraction of sp³-hybridized carbons (Fsp3) is 0.286. The first kappa shape index (κ1) is 13.1. The van der Waals surface area contributed by atoms with E-state index in [-0.39, 0.29) is 5.56 Å². The molecule has 0 bridgehead atoms. The predicted molar refractivity (Wildman–Crippen MR) is 80.8 cm³/mol. The van der Waals surface area contributed by atoms with Crippen LogP contribution in [0.5, 0.6) is 0 Å². The fourth-order valence-corrected chi connectivity index (χ4v) is 3.00. The second-order valence-electron chi connectivity index (χ2n) is 5.01. The van der Waals surface area contributed by atoms with Crippen LogP contribution in [0.2, 0.25) is 0 Å². The van der Waals surface area contributed by atoms with Crippen LogP contribution < -0.4 is 5.56 Å². The smallest absolute Gasteiger partial charge is 0.268 e. The number of fused-ring (bicyclic) bond motifs is 1. The van der Waals surface area contributed by atoms with Crippen molar-refractivity contribution in [3.63, 3.8) is 0 Å². The third kappa shape index (κ3) is 2.66. The molecule has 0 spiro atoms. The molecule has 3 heterocycles. The lowest BCUT2D eigenvalue weighted by Crippen LogP contribution is -2.21. The van der Waals surface area contributed by atoms with Gasteiger partial charge in [0.25, 0.3) is 5.56 Å². The van der Waals surface area contributed by atoms with Gasteiger partial charge in [0.1, 0.15) is 10.5 Å². The zero-order valence-corrected chi connectivity index (χ0v) is 12.3. The molecule has 0 aliphatic carbocycles. The van der Waals surface area contributed by atoms with Gasteiger partial charge in [-0.15, -0.1) is 11.3 Å². The molecule has 0 aliphatic rings. The lowest BCUT2D eigenvalue weighted by Gasteiger charge is -2.14. The van der Waals surface area contributed by atoms with Crippen molar-refractivity contribution in [1.29, 1.82) is 0 Å². The second kappa shape index (κ2) is 5.22. The normalized spacial score (nSPS) is 11.6. The number of hydrogen-bond donors (Lipinski definition) is 1. The molecule has 0 aliphatic heterocycles. The monoisotopic (exact) mass is 288 g/mol. The standard InChI is InChI=1S/C14H16N4OS/c1-17-5-3-10(7-17)8-18(2)9-12-15-11-4-6-20-13(11)14(19)16-12/h3-7H,8-9H2,1-2H3,(H,15,16,19). The molecular weight excluding hydrogens is 272 g/mol. The molecule has 0 unspecified atom stereocenters. The molecule has 0 amide bonds. The highest BCUT2D eigenvalue weighted by Gasteiger charge is 2.08. The fourth-order valence-electron chi connectivity index (χ4n) is 2.27. The Morgan fingerprint density at radius 2 is 2.25 bits per heavy atom. The van der Waals surface area contributed by atoms with E-state index in [0.29, 0.717) is 17.1 Å². The highest BCUT2D eigenvalue weighted by molar-refractivity contribution is 7.17. The topological polar surface area (TPSA) is 53.9 Å². The van der Waals surface area contributed by atoms with Crippen LogP contribution >= 0.6 is 11.3 Å². The molecule has 3 aromatic rings. The average molecular weight is 288 g/mol. The Bertz CT molecular complexity index is 786. The minimum atomic E-state index is -0.0480. The maximum Gasteiger partial charge on any atom is 0.268 e. The van der Waals surface area contributed by atoms with Gasteiger partial charge in [-0.05, 0) is 30.1 Å². The lowest BCUT2D eigenvalue weighted by molar-refractivity contribution is 0.310. The molecule has 0 saturated carbocycles. The summed E-state index contributed by atoms with van der Waals surface area (Å²) in [5, 5.41) is 1.89. The molecule has 5 nitrogen and oxygen atoms in total. The van der Waals surface area contributed by atoms with Crippen molar-refractivity contribution < 1.29 is 0 Å². The molecule has 1 N–H and O–H groups in total. The highest BCUT2D eigenvalue weighted by Crippen LogP contribution is 2.14. The first-order valence-electron chi connectivity index (χ1n) is 6.37. The lowest BCUT2D eigenvalue weighted by atomic mass is 10.3. The number of hydrogen-bond acceptors (Lipinski definition) is 4. The Morgan fingerprint density at radius 3 is 3.00 bits per heavy atom. The molecule has 104 valence electrons. The van der Waals surface area contributed by atoms with Gasteiger partial charge in [0.2, 0.25) is 0 Å². The largest absolute Gasteiger partial charge is 0.357 e. The van der Waals surface area contributed by atoms with Crippen LogP contribution in [0.25, 0.3) is 10.2 Å². The third-order valence-electron chi connectivity index (χ3n) is 3.13. The van der Waals surface area contributed by atoms with Crippen molar-refractivity contribution in [3.05, 3.63) is 51.6 Å². The summed E-state index contributed by atoms with van der Waals surface area (Å²) in [6.45, 7) is 1.45. The van der Waals surface area contributed by atoms with E-state index >= 15 is 0 Å². The number of nitrogens with one attached hydrogen (secondary N) is 1. The Kier molecular flexibility index (Phi) is 3.42. The number of aromatic nitrogens is 3. The van der Waals surface area contributed by atoms with E-state index in [9.17, 15) is 4.79 Å². The number of H-pyrrole nitrogens is 1. The highest BCUT2D eigenvalue weighted by atomic mass is 32.1. The van der Waals surface area contributed by atoms with Crippen molar-refractivity contribution in [1.82, 2.24) is 19.4 Å². The van der Waals surface area contributed by atoms with Crippen LogP contribution in [0.15, 0.2) is 34.7 Å². The van der Waals surface area contributed by atoms with E-state index in [0.717, 1.165) is 12.1 Å². The minimum Gasteiger partial charge on any atom is -0.357 e. The van der Waals surface area contributed by atoms with Crippen LogP contribution in [0.1, 0.15) is 11.4 Å². The predicted octanol–water partition coefficient (Wildman–Crippen LogP) is 1.96. The quantitative estimate of drug-likeness (QED) is 0.798. The summed E-state index contributed by atoms with van der Waals surface area (Å²) in [4.78, 5) is 21.4. The Hall–Kier alpha value is -1.92. The summed E-state index contributed by atoms with van der Waals surface area (Å²) < 4.78 is 2.72. The van der Waals surface area contributed by atoms with Gasteiger partial charge < -0.3 is 9.55 Å². The van der Waals surface area contributed by atoms with E-state index in [4.69, 9.17) is 0 Å². The van der Waals surface area contributed by atoms with E-state index in [1.165, 1.54) is 16.9 Å². The number of aromatic amines is 1. The maximum atomic E-state index is 11.9. The molecule has 0 fully saturated rings. The van der Waals surface area contributed by atoms with Gasteiger partial charge in [-0.25, -0.2) is 4.98 Å². The second-order valence-corrected chi connectivity index (χ2v) is 5.92. The van der Waals surface area contributed by atoms with Crippen LogP contribution in [0.4, 0.5) is 0 Å². The zero-order chi connectivity index (χ0) is 14.1. The van der Waals surface area contributed by atoms with Gasteiger partial charge >= 0.3 is 0 Å². The number of thiophene rings is 1. The van der Waals surface area contributed by atoms with Crippen molar-refractivity contribution in [2.24, 2.45) is 7.05 Å². The van der Waals surface area contributed by atoms with Crippen molar-refractivity contribution in [2.75, 3.05) is 7.05 Å². The van der Waals surface area contributed by atoms with Gasteiger partial charge in [-0.2, -0.15) is 0 Å². The van der Waals surface area contributed by atoms with E-state index < -0.39 is 0 Å². The minimum absolute atomic E-state index is 0.0480. The third-order valence-corrected chi connectivity index (χ3v) is 4.03. The van der Waals surface area contributed by atoms with Crippen molar-refractivity contribution >= 4 is 21.6 Å². The molecule has 0 aromatic carbocycles. The summed E-state index contributed by atoms with van der Waals surface area (Å²) in [5.74, 6) is 0.708. The van der Waals surface area contributed by atoms with Gasteiger partial charge in [0.15, 0.2) is 0 Å². The van der Waals surface area contributed by atoms with E-state index in [1.807, 2.05) is 36.3 Å². The summed E-state index contributed by atoms with van der Waals surface area (Å²) in [6, 6.07) is 3.98. The SMILES string of the molecule is CN(Cc1ccn(C)c1)Cc1nc2ccsc2c(=O)[nH]1. The summed E-state index contributed by atoms with van der Waals surface area (Å²) >= 11 is 1.42. The summed E-state index contributed by atoms with van der Waals surface area (Å²) in [5.41, 5.74) is 1.98. The first-order chi connectivity index (χ1) is 9.61. The van der Waals surface area contributed by atoms with Crippen LogP contribution in [-0.4, -0.2) is 26.5 Å². The van der Waals surface area contributed by atoms with Crippen molar-refractivity contribution in [3.8, 4) is 0 Å². The zero-order valence-electron chi connectivity index (χ0n) is 11.5. The Labute approximate surface area is 120 Å². The van der Waals surface area contributed by atoms with Gasteiger partial charge in [-0.3, -0.25) is 9.69 Å². The van der Waals surface area contributed by atoms with E-state index in [1.54, 1.807) is 0 Å². The molecule has 0 atom stereocenters. The Morgan fingerprint density at radius 1 is 1.40 bits per heavy atom.